The number of hydrogen-bond acceptors (Lipinski definition) is 5. The van der Waals surface area contributed by atoms with Gasteiger partial charge < -0.3 is 10.1 Å². The lowest BCUT2D eigenvalue weighted by atomic mass is 9.67. The number of benzene rings is 1. The number of imide groups is 1. The summed E-state index contributed by atoms with van der Waals surface area (Å²) in [4.78, 5) is 50.9. The van der Waals surface area contributed by atoms with Crippen LogP contribution in [0.15, 0.2) is 42.0 Å². The summed E-state index contributed by atoms with van der Waals surface area (Å²) in [6.07, 6.45) is 1.47. The monoisotopic (exact) mass is 326 g/mol. The van der Waals surface area contributed by atoms with E-state index in [4.69, 9.17) is 4.74 Å². The lowest BCUT2D eigenvalue weighted by Crippen LogP contribution is -2.60. The van der Waals surface area contributed by atoms with Crippen molar-refractivity contribution in [2.75, 3.05) is 12.0 Å². The van der Waals surface area contributed by atoms with Gasteiger partial charge in [0.15, 0.2) is 0 Å². The quantitative estimate of drug-likeness (QED) is 0.611. The first-order chi connectivity index (χ1) is 11.5. The summed E-state index contributed by atoms with van der Waals surface area (Å²) < 4.78 is 4.73. The van der Waals surface area contributed by atoms with Crippen LogP contribution >= 0.6 is 0 Å². The zero-order valence-corrected chi connectivity index (χ0v) is 12.8. The number of esters is 1. The van der Waals surface area contributed by atoms with Crippen LogP contribution in [0.5, 0.6) is 0 Å². The van der Waals surface area contributed by atoms with Gasteiger partial charge in [0.2, 0.25) is 17.7 Å². The van der Waals surface area contributed by atoms with Crippen molar-refractivity contribution in [1.29, 1.82) is 0 Å². The molecule has 0 spiro atoms. The molecule has 3 heterocycles. The van der Waals surface area contributed by atoms with Crippen LogP contribution in [0.25, 0.3) is 0 Å². The maximum Gasteiger partial charge on any atom is 0.335 e. The number of hydrogen-bond donors (Lipinski definition) is 1. The predicted molar refractivity (Wildman–Crippen MR) is 81.4 cm³/mol. The highest BCUT2D eigenvalue weighted by molar-refractivity contribution is 6.24. The topological polar surface area (TPSA) is 92.8 Å². The van der Waals surface area contributed by atoms with Gasteiger partial charge in [-0.25, -0.2) is 9.69 Å². The predicted octanol–water partition coefficient (Wildman–Crippen LogP) is 0.0198. The van der Waals surface area contributed by atoms with Crippen LogP contribution in [0.3, 0.4) is 0 Å². The minimum absolute atomic E-state index is 0.236. The highest BCUT2D eigenvalue weighted by Gasteiger charge is 2.62. The fraction of sp³-hybridized carbons (Fsp3) is 0.294. The van der Waals surface area contributed by atoms with E-state index >= 15 is 0 Å². The van der Waals surface area contributed by atoms with E-state index in [2.05, 4.69) is 5.32 Å². The lowest BCUT2D eigenvalue weighted by molar-refractivity contribution is -0.141. The number of methoxy groups -OCH3 is 1. The van der Waals surface area contributed by atoms with Crippen molar-refractivity contribution in [2.45, 2.75) is 6.04 Å². The first kappa shape index (κ1) is 14.6. The van der Waals surface area contributed by atoms with Crippen LogP contribution in [-0.4, -0.2) is 36.8 Å². The maximum absolute atomic E-state index is 12.9. The van der Waals surface area contributed by atoms with E-state index < -0.39 is 41.6 Å². The molecule has 0 saturated carbocycles. The Morgan fingerprint density at radius 2 is 1.75 bits per heavy atom. The number of carbonyl (C=O) groups is 4. The summed E-state index contributed by atoms with van der Waals surface area (Å²) in [5, 5.41) is 2.67. The summed E-state index contributed by atoms with van der Waals surface area (Å²) in [6.45, 7) is 0. The molecule has 7 nitrogen and oxygen atoms in total. The van der Waals surface area contributed by atoms with Gasteiger partial charge in [-0.3, -0.25) is 14.4 Å². The van der Waals surface area contributed by atoms with Gasteiger partial charge in [0.25, 0.3) is 0 Å². The van der Waals surface area contributed by atoms with Gasteiger partial charge in [-0.15, -0.1) is 0 Å². The zero-order chi connectivity index (χ0) is 17.0. The lowest BCUT2D eigenvalue weighted by Gasteiger charge is -2.40. The Labute approximate surface area is 137 Å². The Kier molecular flexibility index (Phi) is 3.06. The molecular weight excluding hydrogens is 312 g/mol. The molecule has 1 aliphatic carbocycles. The number of nitrogens with zero attached hydrogens (tertiary/aromatic N) is 1. The van der Waals surface area contributed by atoms with Crippen molar-refractivity contribution >= 4 is 29.4 Å². The molecule has 1 N–H and O–H groups in total. The van der Waals surface area contributed by atoms with Crippen LogP contribution in [0, 0.1) is 17.8 Å². The van der Waals surface area contributed by atoms with E-state index in [-0.39, 0.29) is 11.5 Å². The molecule has 24 heavy (non-hydrogen) atoms. The Balaban J connectivity index is 1.79. The fourth-order valence-electron chi connectivity index (χ4n) is 3.84. The van der Waals surface area contributed by atoms with Gasteiger partial charge in [0.05, 0.1) is 42.2 Å². The number of carbonyl (C=O) groups excluding carboxylic acids is 4. The van der Waals surface area contributed by atoms with Gasteiger partial charge in [-0.2, -0.15) is 0 Å². The minimum atomic E-state index is -0.834. The van der Waals surface area contributed by atoms with Crippen molar-refractivity contribution in [3.05, 3.63) is 42.0 Å². The molecule has 0 radical (unpaired) electrons. The van der Waals surface area contributed by atoms with Crippen molar-refractivity contribution < 1.29 is 23.9 Å². The first-order valence-electron chi connectivity index (χ1n) is 7.58. The summed E-state index contributed by atoms with van der Waals surface area (Å²) in [7, 11) is 1.24. The van der Waals surface area contributed by atoms with Crippen molar-refractivity contribution in [2.24, 2.45) is 17.8 Å². The van der Waals surface area contributed by atoms with Crippen LogP contribution in [0.1, 0.15) is 0 Å². The van der Waals surface area contributed by atoms with Crippen LogP contribution < -0.4 is 10.2 Å². The van der Waals surface area contributed by atoms with Gasteiger partial charge >= 0.3 is 5.97 Å². The molecular formula is C17H14N2O5. The SMILES string of the molecule is COC(=O)C1=C[C@H]2C(=O)N[C@H]1[C@H]1C(=O)N(c3ccccc3)C(=O)[C@H]12. The van der Waals surface area contributed by atoms with Gasteiger partial charge in [0.1, 0.15) is 0 Å². The normalized spacial score (nSPS) is 30.8. The molecule has 5 rings (SSSR count). The third-order valence-electron chi connectivity index (χ3n) is 4.87. The summed E-state index contributed by atoms with van der Waals surface area (Å²) in [6, 6.07) is 7.75. The molecule has 2 bridgehead atoms. The second-order valence-corrected chi connectivity index (χ2v) is 6.02. The number of nitrogens with one attached hydrogen (secondary N) is 1. The number of anilines is 1. The average molecular weight is 326 g/mol. The molecule has 7 heteroatoms. The molecule has 3 amide bonds. The highest BCUT2D eigenvalue weighted by atomic mass is 16.5. The number of ether oxygens (including phenoxy) is 1. The molecule has 122 valence electrons. The van der Waals surface area contributed by atoms with E-state index in [9.17, 15) is 19.2 Å². The number of amides is 3. The third kappa shape index (κ3) is 1.78. The maximum atomic E-state index is 12.9. The molecule has 2 fully saturated rings. The van der Waals surface area contributed by atoms with Crippen LogP contribution in [-0.2, 0) is 23.9 Å². The Bertz CT molecular complexity index is 800. The number of fused-ring (bicyclic) bond motifs is 1. The molecule has 0 unspecified atom stereocenters. The number of piperidine rings is 1. The highest BCUT2D eigenvalue weighted by Crippen LogP contribution is 2.46. The van der Waals surface area contributed by atoms with E-state index in [1.54, 1.807) is 30.3 Å². The second kappa shape index (κ2) is 5.02. The molecule has 3 aliphatic heterocycles. The summed E-state index contributed by atoms with van der Waals surface area (Å²) >= 11 is 0. The Morgan fingerprint density at radius 3 is 2.42 bits per heavy atom. The Hall–Kier alpha value is -2.96. The van der Waals surface area contributed by atoms with Crippen LogP contribution in [0.2, 0.25) is 0 Å². The largest absolute Gasteiger partial charge is 0.466 e. The smallest absolute Gasteiger partial charge is 0.335 e. The van der Waals surface area contributed by atoms with Crippen molar-refractivity contribution in [1.82, 2.24) is 5.32 Å². The Morgan fingerprint density at radius 1 is 1.08 bits per heavy atom. The van der Waals surface area contributed by atoms with Gasteiger partial charge in [0, 0.05) is 0 Å². The fourth-order valence-corrected chi connectivity index (χ4v) is 3.84. The molecule has 4 aliphatic rings. The molecule has 4 atom stereocenters. The van der Waals surface area contributed by atoms with Crippen molar-refractivity contribution in [3.63, 3.8) is 0 Å². The summed E-state index contributed by atoms with van der Waals surface area (Å²) in [5.41, 5.74) is 0.702. The first-order valence-corrected chi connectivity index (χ1v) is 7.58. The zero-order valence-electron chi connectivity index (χ0n) is 12.8. The van der Waals surface area contributed by atoms with E-state index in [0.29, 0.717) is 5.69 Å². The standard InChI is InChI=1S/C17H14N2O5/c1-24-17(23)10-7-9-11-12(13(10)18-14(9)20)16(22)19(15(11)21)8-5-3-2-4-6-8/h2-7,9,11-13H,1H3,(H,18,20)/t9-,11+,12+,13-/m1/s1. The number of rotatable bonds is 2. The van der Waals surface area contributed by atoms with Gasteiger partial charge in [-0.1, -0.05) is 24.3 Å². The molecule has 1 aromatic rings. The molecule has 0 aromatic heterocycles. The minimum Gasteiger partial charge on any atom is -0.466 e. The van der Waals surface area contributed by atoms with E-state index in [0.717, 1.165) is 4.90 Å². The second-order valence-electron chi connectivity index (χ2n) is 6.02. The van der Waals surface area contributed by atoms with E-state index in [1.165, 1.54) is 13.2 Å². The van der Waals surface area contributed by atoms with Crippen molar-refractivity contribution in [3.8, 4) is 0 Å². The number of para-hydroxylation sites is 1. The molecule has 2 saturated heterocycles. The van der Waals surface area contributed by atoms with Crippen LogP contribution in [0.4, 0.5) is 5.69 Å². The van der Waals surface area contributed by atoms with E-state index in [1.807, 2.05) is 0 Å². The average Bonchev–Trinajstić information content (AvgIpc) is 2.87. The summed E-state index contributed by atoms with van der Waals surface area (Å²) in [5.74, 6) is -4.13. The molecule has 1 aromatic carbocycles. The third-order valence-corrected chi connectivity index (χ3v) is 4.87. The van der Waals surface area contributed by atoms with Gasteiger partial charge in [-0.05, 0) is 12.1 Å².